The predicted molar refractivity (Wildman–Crippen MR) is 180 cm³/mol. The van der Waals surface area contributed by atoms with Crippen LogP contribution in [0, 0.1) is 50.2 Å². The van der Waals surface area contributed by atoms with Gasteiger partial charge in [0.25, 0.3) is 0 Å². The fourth-order valence-electron chi connectivity index (χ4n) is 12.1. The predicted octanol–water partition coefficient (Wildman–Crippen LogP) is 8.60. The van der Waals surface area contributed by atoms with Crippen LogP contribution in [0.25, 0.3) is 6.08 Å². The van der Waals surface area contributed by atoms with Gasteiger partial charge in [-0.15, -0.1) is 0 Å². The van der Waals surface area contributed by atoms with Gasteiger partial charge >= 0.3 is 5.97 Å². The summed E-state index contributed by atoms with van der Waals surface area (Å²) in [5.41, 5.74) is 0.578. The van der Waals surface area contributed by atoms with Crippen molar-refractivity contribution in [2.24, 2.45) is 50.2 Å². The van der Waals surface area contributed by atoms with Crippen LogP contribution in [0.5, 0.6) is 11.5 Å². The molecule has 0 heterocycles. The Morgan fingerprint density at radius 1 is 0.957 bits per heavy atom. The molecule has 0 aliphatic heterocycles. The molecule has 4 fully saturated rings. The summed E-state index contributed by atoms with van der Waals surface area (Å²) in [5.74, 6) is 0.482. The Labute approximate surface area is 275 Å². The van der Waals surface area contributed by atoms with Crippen molar-refractivity contribution in [2.45, 2.75) is 118 Å². The van der Waals surface area contributed by atoms with E-state index in [4.69, 9.17) is 4.74 Å². The Morgan fingerprint density at radius 2 is 1.67 bits per heavy atom. The van der Waals surface area contributed by atoms with Gasteiger partial charge in [-0.05, 0) is 127 Å². The molecule has 5 aliphatic rings. The van der Waals surface area contributed by atoms with E-state index in [2.05, 4.69) is 47.6 Å². The van der Waals surface area contributed by atoms with Gasteiger partial charge in [0.05, 0.1) is 18.6 Å². The lowest BCUT2D eigenvalue weighted by molar-refractivity contribution is -0.209. The van der Waals surface area contributed by atoms with Gasteiger partial charge in [0.1, 0.15) is 0 Å². The largest absolute Gasteiger partial charge is 0.504 e. The zero-order valence-corrected chi connectivity index (χ0v) is 29.1. The fraction of sp³-hybridized carbons (Fsp3) is 0.700. The number of ketones is 1. The molecule has 1 aromatic carbocycles. The Kier molecular flexibility index (Phi) is 7.94. The summed E-state index contributed by atoms with van der Waals surface area (Å²) in [5, 5.41) is 32.0. The van der Waals surface area contributed by atoms with E-state index in [0.29, 0.717) is 43.3 Å². The van der Waals surface area contributed by atoms with Gasteiger partial charge in [0.15, 0.2) is 17.3 Å². The number of aliphatic hydroxyl groups is 1. The molecular weight excluding hydrogens is 576 g/mol. The number of aliphatic carboxylic acids is 1. The highest BCUT2D eigenvalue weighted by molar-refractivity contribution is 5.94. The first kappa shape index (κ1) is 33.3. The number of benzene rings is 1. The van der Waals surface area contributed by atoms with Crippen molar-refractivity contribution in [3.63, 3.8) is 0 Å². The average Bonchev–Trinajstić information content (AvgIpc) is 2.98. The molecule has 6 nitrogen and oxygen atoms in total. The van der Waals surface area contributed by atoms with E-state index in [1.54, 1.807) is 24.3 Å². The number of allylic oxidation sites excluding steroid dienone is 3. The molecule has 8 atom stereocenters. The van der Waals surface area contributed by atoms with E-state index in [1.165, 1.54) is 12.7 Å². The van der Waals surface area contributed by atoms with E-state index in [1.807, 2.05) is 6.08 Å². The second-order valence-electron chi connectivity index (χ2n) is 17.7. The topological polar surface area (TPSA) is 104 Å². The molecule has 252 valence electrons. The molecule has 0 spiro atoms. The number of hydrogen-bond acceptors (Lipinski definition) is 5. The summed E-state index contributed by atoms with van der Waals surface area (Å²) < 4.78 is 5.29. The van der Waals surface area contributed by atoms with Crippen LogP contribution in [0.2, 0.25) is 0 Å². The molecule has 0 aromatic heterocycles. The van der Waals surface area contributed by atoms with Crippen LogP contribution in [0.1, 0.15) is 118 Å². The van der Waals surface area contributed by atoms with E-state index in [-0.39, 0.29) is 45.2 Å². The zero-order valence-electron chi connectivity index (χ0n) is 29.1. The minimum atomic E-state index is -0.770. The van der Waals surface area contributed by atoms with Gasteiger partial charge in [0.2, 0.25) is 0 Å². The number of rotatable bonds is 6. The monoisotopic (exact) mass is 632 g/mol. The van der Waals surface area contributed by atoms with E-state index < -0.39 is 16.8 Å². The molecule has 0 amide bonds. The van der Waals surface area contributed by atoms with Gasteiger partial charge < -0.3 is 20.1 Å². The summed E-state index contributed by atoms with van der Waals surface area (Å²) in [6.45, 7) is 14.0. The summed E-state index contributed by atoms with van der Waals surface area (Å²) >= 11 is 0. The van der Waals surface area contributed by atoms with Crippen molar-refractivity contribution in [1.82, 2.24) is 0 Å². The Hall–Kier alpha value is -2.60. The van der Waals surface area contributed by atoms with Gasteiger partial charge in [0, 0.05) is 11.8 Å². The second-order valence-corrected chi connectivity index (χ2v) is 17.7. The molecule has 0 radical (unpaired) electrons. The van der Waals surface area contributed by atoms with Crippen LogP contribution in [0.3, 0.4) is 0 Å². The lowest BCUT2D eigenvalue weighted by Crippen LogP contribution is -2.66. The number of aliphatic hydroxyl groups excluding tert-OH is 1. The smallest absolute Gasteiger partial charge is 0.310 e. The van der Waals surface area contributed by atoms with Crippen molar-refractivity contribution >= 4 is 17.8 Å². The minimum Gasteiger partial charge on any atom is -0.504 e. The molecule has 0 unspecified atom stereocenters. The maximum atomic E-state index is 14.2. The van der Waals surface area contributed by atoms with Crippen LogP contribution in [-0.4, -0.2) is 40.3 Å². The normalized spacial score (nSPS) is 40.9. The van der Waals surface area contributed by atoms with Crippen LogP contribution in [0.4, 0.5) is 0 Å². The van der Waals surface area contributed by atoms with Crippen LogP contribution < -0.4 is 4.74 Å². The molecule has 46 heavy (non-hydrogen) atoms. The van der Waals surface area contributed by atoms with Crippen molar-refractivity contribution < 1.29 is 29.6 Å². The number of phenolic OH excluding ortho intramolecular Hbond substituents is 1. The summed E-state index contributed by atoms with van der Waals surface area (Å²) in [4.78, 5) is 27.4. The lowest BCUT2D eigenvalue weighted by atomic mass is 9.32. The number of methoxy groups -OCH3 is 1. The average molecular weight is 633 g/mol. The molecule has 6 heteroatoms. The Morgan fingerprint density at radius 3 is 2.37 bits per heavy atom. The molecule has 1 aromatic rings. The van der Waals surface area contributed by atoms with Gasteiger partial charge in [-0.3, -0.25) is 9.59 Å². The molecule has 6 rings (SSSR count). The molecule has 4 saturated carbocycles. The molecule has 3 N–H and O–H groups in total. The first-order valence-corrected chi connectivity index (χ1v) is 17.7. The third kappa shape index (κ3) is 4.74. The van der Waals surface area contributed by atoms with E-state index in [9.17, 15) is 24.9 Å². The highest BCUT2D eigenvalue weighted by atomic mass is 16.5. The van der Waals surface area contributed by atoms with Crippen LogP contribution in [0.15, 0.2) is 35.9 Å². The van der Waals surface area contributed by atoms with Crippen molar-refractivity contribution in [2.75, 3.05) is 7.11 Å². The quantitative estimate of drug-likeness (QED) is 0.214. The highest BCUT2D eigenvalue weighted by Crippen LogP contribution is 2.76. The number of carboxylic acids is 1. The van der Waals surface area contributed by atoms with E-state index in [0.717, 1.165) is 50.5 Å². The first-order chi connectivity index (χ1) is 21.5. The van der Waals surface area contributed by atoms with Gasteiger partial charge in [-0.25, -0.2) is 0 Å². The number of aromatic hydroxyl groups is 1. The Bertz CT molecular complexity index is 1470. The number of hydrogen-bond donors (Lipinski definition) is 3. The van der Waals surface area contributed by atoms with Gasteiger partial charge in [-0.2, -0.15) is 0 Å². The standard InChI is InChI=1S/C40H56O6/c1-35(2)18-19-39(34(44)45)20-21-40(23-26(41)10-8-25-9-12-29(42)30(22-25)46-7)27(28(39)24-35)11-13-32-37(5)16-15-33(43)36(3,4)31(37)14-17-38(32,40)6/h8-12,22,28,31-33,42-43H,13-21,23-24H2,1-7H3,(H,44,45)/b10-8-/t28-,31-,32+,33-,37-,38+,39-,40-/m0/s1. The SMILES string of the molecule is COc1cc(/C=C\C(=O)C[C@@]23CC[C@@]4(C(=O)O)CCC(C)(C)C[C@H]4C2=CC[C@@H]2[C@@]4(C)CC[C@H](O)C(C)(C)[C@@H]4CC[C@]23C)ccc1O. The third-order valence-corrected chi connectivity index (χ3v) is 14.9. The molecule has 0 bridgehead atoms. The van der Waals surface area contributed by atoms with Gasteiger partial charge in [-0.1, -0.05) is 65.3 Å². The maximum absolute atomic E-state index is 14.2. The number of ether oxygens (including phenoxy) is 1. The first-order valence-electron chi connectivity index (χ1n) is 17.7. The number of phenols is 1. The summed E-state index contributed by atoms with van der Waals surface area (Å²) in [6.07, 6.45) is 14.4. The zero-order chi connectivity index (χ0) is 33.5. The molecule has 5 aliphatic carbocycles. The highest BCUT2D eigenvalue weighted by Gasteiger charge is 2.70. The minimum absolute atomic E-state index is 0.0272. The van der Waals surface area contributed by atoms with Crippen LogP contribution in [-0.2, 0) is 9.59 Å². The maximum Gasteiger partial charge on any atom is 0.310 e. The number of fused-ring (bicyclic) bond motifs is 7. The fourth-order valence-corrected chi connectivity index (χ4v) is 12.1. The lowest BCUT2D eigenvalue weighted by Gasteiger charge is -2.71. The number of carboxylic acid groups (broad SMARTS) is 1. The number of carbonyl (C=O) groups excluding carboxylic acids is 1. The second kappa shape index (κ2) is 11.0. The molecule has 0 saturated heterocycles. The van der Waals surface area contributed by atoms with Crippen molar-refractivity contribution in [1.29, 1.82) is 0 Å². The molecular formula is C40H56O6. The van der Waals surface area contributed by atoms with Crippen molar-refractivity contribution in [3.05, 3.63) is 41.5 Å². The summed E-state index contributed by atoms with van der Waals surface area (Å²) in [7, 11) is 1.51. The van der Waals surface area contributed by atoms with E-state index >= 15 is 0 Å². The third-order valence-electron chi connectivity index (χ3n) is 14.9. The van der Waals surface area contributed by atoms with Crippen LogP contribution >= 0.6 is 0 Å². The summed E-state index contributed by atoms with van der Waals surface area (Å²) in [6, 6.07) is 5.08. The Balaban J connectivity index is 1.45. The number of carbonyl (C=O) groups is 2. The van der Waals surface area contributed by atoms with Crippen molar-refractivity contribution in [3.8, 4) is 11.5 Å².